The first-order chi connectivity index (χ1) is 14.7. The topological polar surface area (TPSA) is 79.2 Å². The molecule has 0 saturated carbocycles. The second-order valence-corrected chi connectivity index (χ2v) is 8.74. The van der Waals surface area contributed by atoms with E-state index < -0.39 is 31.0 Å². The zero-order valence-corrected chi connectivity index (χ0v) is 19.4. The van der Waals surface area contributed by atoms with Crippen LogP contribution < -0.4 is 0 Å². The molecular formula is C25H48O5. The summed E-state index contributed by atoms with van der Waals surface area (Å²) in [6.07, 6.45) is 21.2. The number of hydrogen-bond donors (Lipinski definition) is 3. The predicted octanol–water partition coefficient (Wildman–Crippen LogP) is 4.91. The van der Waals surface area contributed by atoms with Gasteiger partial charge >= 0.3 is 0 Å². The van der Waals surface area contributed by atoms with Crippen LogP contribution in [0.3, 0.4) is 0 Å². The van der Waals surface area contributed by atoms with Crippen LogP contribution in [-0.4, -0.2) is 59.6 Å². The van der Waals surface area contributed by atoms with E-state index in [4.69, 9.17) is 14.6 Å². The zero-order valence-electron chi connectivity index (χ0n) is 19.4. The van der Waals surface area contributed by atoms with E-state index in [-0.39, 0.29) is 6.61 Å². The van der Waals surface area contributed by atoms with Gasteiger partial charge in [0.25, 0.3) is 0 Å². The molecule has 0 aromatic heterocycles. The highest BCUT2D eigenvalue weighted by Crippen LogP contribution is 2.21. The molecule has 0 radical (unpaired) electrons. The van der Waals surface area contributed by atoms with E-state index in [0.29, 0.717) is 6.61 Å². The van der Waals surface area contributed by atoms with Gasteiger partial charge < -0.3 is 24.8 Å². The second-order valence-electron chi connectivity index (χ2n) is 8.74. The third-order valence-corrected chi connectivity index (χ3v) is 5.96. The highest BCUT2D eigenvalue weighted by atomic mass is 16.6. The van der Waals surface area contributed by atoms with Gasteiger partial charge in [0, 0.05) is 0 Å². The van der Waals surface area contributed by atoms with Crippen LogP contribution >= 0.6 is 0 Å². The molecule has 1 aliphatic rings. The van der Waals surface area contributed by atoms with E-state index in [0.717, 1.165) is 12.8 Å². The molecule has 0 bridgehead atoms. The summed E-state index contributed by atoms with van der Waals surface area (Å²) in [4.78, 5) is 0. The second kappa shape index (κ2) is 19.2. The summed E-state index contributed by atoms with van der Waals surface area (Å²) in [6, 6.07) is 0. The van der Waals surface area contributed by atoms with Gasteiger partial charge in [0.15, 0.2) is 0 Å². The van der Waals surface area contributed by atoms with Gasteiger partial charge in [-0.25, -0.2) is 0 Å². The molecule has 1 fully saturated rings. The standard InChI is InChI=1S/C25H48O5/c1-2-3-4-5-6-7-8-9-10-11-12-13-14-15-16-17-18-19-29-25-23(28)21-30-24(25)22(27)20-26/h16-17,22-28H,2-15,18-21H2,1H3/b17-16+/t22-,23+,24-,25-/m0/s1. The fraction of sp³-hybridized carbons (Fsp3) is 0.920. The van der Waals surface area contributed by atoms with Crippen LogP contribution in [0.5, 0.6) is 0 Å². The summed E-state index contributed by atoms with van der Waals surface area (Å²) in [5, 5.41) is 28.7. The van der Waals surface area contributed by atoms with Crippen molar-refractivity contribution >= 4 is 0 Å². The van der Waals surface area contributed by atoms with Crippen LogP contribution in [0, 0.1) is 0 Å². The molecule has 0 amide bonds. The van der Waals surface area contributed by atoms with Crippen LogP contribution in [0.1, 0.15) is 103 Å². The third-order valence-electron chi connectivity index (χ3n) is 5.96. The Morgan fingerprint density at radius 3 is 1.97 bits per heavy atom. The van der Waals surface area contributed by atoms with Crippen molar-refractivity contribution in [1.82, 2.24) is 0 Å². The number of unbranched alkanes of at least 4 members (excludes halogenated alkanes) is 13. The largest absolute Gasteiger partial charge is 0.394 e. The minimum absolute atomic E-state index is 0.140. The average molecular weight is 429 g/mol. The molecule has 1 aliphatic heterocycles. The van der Waals surface area contributed by atoms with Gasteiger partial charge in [-0.05, 0) is 19.3 Å². The average Bonchev–Trinajstić information content (AvgIpc) is 3.12. The third kappa shape index (κ3) is 13.1. The quantitative estimate of drug-likeness (QED) is 0.190. The number of aliphatic hydroxyl groups excluding tert-OH is 3. The molecule has 5 heteroatoms. The molecule has 1 heterocycles. The smallest absolute Gasteiger partial charge is 0.114 e. The first kappa shape index (κ1) is 27.6. The lowest BCUT2D eigenvalue weighted by Gasteiger charge is -2.23. The molecule has 1 rings (SSSR count). The fourth-order valence-electron chi connectivity index (χ4n) is 4.05. The van der Waals surface area contributed by atoms with Crippen LogP contribution in [0.4, 0.5) is 0 Å². The predicted molar refractivity (Wildman–Crippen MR) is 123 cm³/mol. The van der Waals surface area contributed by atoms with E-state index >= 15 is 0 Å². The van der Waals surface area contributed by atoms with Gasteiger partial charge in [-0.1, -0.05) is 96.1 Å². The minimum atomic E-state index is -1.02. The molecule has 1 saturated heterocycles. The van der Waals surface area contributed by atoms with Gasteiger partial charge in [0.1, 0.15) is 24.4 Å². The first-order valence-electron chi connectivity index (χ1n) is 12.6. The summed E-state index contributed by atoms with van der Waals surface area (Å²) in [6.45, 7) is 2.50. The first-order valence-corrected chi connectivity index (χ1v) is 12.6. The highest BCUT2D eigenvalue weighted by molar-refractivity contribution is 4.89. The van der Waals surface area contributed by atoms with Crippen molar-refractivity contribution in [2.45, 2.75) is 128 Å². The molecule has 4 atom stereocenters. The Kier molecular flexibility index (Phi) is 17.7. The Morgan fingerprint density at radius 1 is 0.867 bits per heavy atom. The Balaban J connectivity index is 1.86. The summed E-state index contributed by atoms with van der Waals surface area (Å²) in [5.41, 5.74) is 0. The SMILES string of the molecule is CCCCCCCCCCCCCCC/C=C/CCO[C@@H]1[C@H]([C@@H](O)CO)OC[C@H]1O. The number of aliphatic hydroxyl groups is 3. The summed E-state index contributed by atoms with van der Waals surface area (Å²) < 4.78 is 11.0. The Hall–Kier alpha value is -0.460. The molecule has 178 valence electrons. The van der Waals surface area contributed by atoms with Crippen LogP contribution in [-0.2, 0) is 9.47 Å². The van der Waals surface area contributed by atoms with Gasteiger partial charge in [0.2, 0.25) is 0 Å². The van der Waals surface area contributed by atoms with Crippen molar-refractivity contribution in [2.75, 3.05) is 19.8 Å². The lowest BCUT2D eigenvalue weighted by molar-refractivity contribution is -0.0924. The summed E-state index contributed by atoms with van der Waals surface area (Å²) in [5.74, 6) is 0. The van der Waals surface area contributed by atoms with Crippen molar-refractivity contribution in [2.24, 2.45) is 0 Å². The Morgan fingerprint density at radius 2 is 1.40 bits per heavy atom. The maximum Gasteiger partial charge on any atom is 0.114 e. The Labute approximate surface area is 184 Å². The van der Waals surface area contributed by atoms with E-state index in [1.165, 1.54) is 83.5 Å². The monoisotopic (exact) mass is 428 g/mol. The molecule has 0 aromatic carbocycles. The number of hydrogen-bond acceptors (Lipinski definition) is 5. The molecule has 30 heavy (non-hydrogen) atoms. The van der Waals surface area contributed by atoms with Gasteiger partial charge in [-0.15, -0.1) is 0 Å². The molecule has 0 aromatic rings. The molecule has 0 aliphatic carbocycles. The van der Waals surface area contributed by atoms with E-state index in [1.54, 1.807) is 0 Å². The Bertz CT molecular complexity index is 401. The molecule has 3 N–H and O–H groups in total. The van der Waals surface area contributed by atoms with Crippen molar-refractivity contribution in [3.8, 4) is 0 Å². The number of allylic oxidation sites excluding steroid dienone is 1. The summed E-state index contributed by atoms with van der Waals surface area (Å²) in [7, 11) is 0. The van der Waals surface area contributed by atoms with Crippen molar-refractivity contribution in [3.05, 3.63) is 12.2 Å². The van der Waals surface area contributed by atoms with E-state index in [1.807, 2.05) is 0 Å². The molecule has 5 nitrogen and oxygen atoms in total. The minimum Gasteiger partial charge on any atom is -0.394 e. The van der Waals surface area contributed by atoms with Gasteiger partial charge in [-0.3, -0.25) is 0 Å². The van der Waals surface area contributed by atoms with Gasteiger partial charge in [-0.2, -0.15) is 0 Å². The molecule has 0 unspecified atom stereocenters. The lowest BCUT2D eigenvalue weighted by atomic mass is 10.0. The van der Waals surface area contributed by atoms with E-state index in [2.05, 4.69) is 19.1 Å². The fourth-order valence-corrected chi connectivity index (χ4v) is 4.05. The summed E-state index contributed by atoms with van der Waals surface area (Å²) >= 11 is 0. The molecule has 0 spiro atoms. The normalized spacial score (nSPS) is 22.9. The zero-order chi connectivity index (χ0) is 21.9. The lowest BCUT2D eigenvalue weighted by Crippen LogP contribution is -2.42. The van der Waals surface area contributed by atoms with Crippen LogP contribution in [0.25, 0.3) is 0 Å². The van der Waals surface area contributed by atoms with Crippen LogP contribution in [0.15, 0.2) is 12.2 Å². The number of rotatable bonds is 20. The van der Waals surface area contributed by atoms with Crippen molar-refractivity contribution < 1.29 is 24.8 Å². The molecular weight excluding hydrogens is 380 g/mol. The highest BCUT2D eigenvalue weighted by Gasteiger charge is 2.40. The van der Waals surface area contributed by atoms with Crippen LogP contribution in [0.2, 0.25) is 0 Å². The van der Waals surface area contributed by atoms with Crippen molar-refractivity contribution in [1.29, 1.82) is 0 Å². The maximum atomic E-state index is 9.89. The number of ether oxygens (including phenoxy) is 2. The van der Waals surface area contributed by atoms with E-state index in [9.17, 15) is 10.2 Å². The maximum absolute atomic E-state index is 9.89. The van der Waals surface area contributed by atoms with Gasteiger partial charge in [0.05, 0.1) is 19.8 Å². The van der Waals surface area contributed by atoms with Crippen molar-refractivity contribution in [3.63, 3.8) is 0 Å².